The van der Waals surface area contributed by atoms with Gasteiger partial charge in [0.15, 0.2) is 0 Å². The number of rotatable bonds is 20. The molecule has 3 aliphatic carbocycles. The first-order valence-electron chi connectivity index (χ1n) is 21.4. The third kappa shape index (κ3) is 9.28. The van der Waals surface area contributed by atoms with E-state index in [1.165, 1.54) is 0 Å². The van der Waals surface area contributed by atoms with Gasteiger partial charge in [-0.15, -0.1) is 18.3 Å². The van der Waals surface area contributed by atoms with Crippen LogP contribution in [0.4, 0.5) is 0 Å². The molecule has 1 amide bonds. The zero-order valence-electron chi connectivity index (χ0n) is 33.8. The van der Waals surface area contributed by atoms with Crippen LogP contribution in [0.25, 0.3) is 0 Å². The number of thioether (sulfide) groups is 1. The van der Waals surface area contributed by atoms with E-state index in [0.717, 1.165) is 104 Å². The van der Waals surface area contributed by atoms with Crippen molar-refractivity contribution in [2.75, 3.05) is 39.2 Å². The van der Waals surface area contributed by atoms with Crippen LogP contribution in [0.1, 0.15) is 102 Å². The molecule has 57 heavy (non-hydrogen) atoms. The van der Waals surface area contributed by atoms with Crippen molar-refractivity contribution in [1.29, 1.82) is 0 Å². The average Bonchev–Trinajstić information content (AvgIpc) is 4.09. The summed E-state index contributed by atoms with van der Waals surface area (Å²) in [6.07, 6.45) is 16.5. The Labute approximate surface area is 343 Å². The second-order valence-corrected chi connectivity index (χ2v) is 17.1. The highest BCUT2D eigenvalue weighted by molar-refractivity contribution is 7.98. The van der Waals surface area contributed by atoms with Crippen LogP contribution < -0.4 is 9.47 Å². The van der Waals surface area contributed by atoms with Crippen molar-refractivity contribution in [2.24, 2.45) is 28.8 Å². The zero-order valence-corrected chi connectivity index (χ0v) is 34.6. The maximum atomic E-state index is 14.4. The summed E-state index contributed by atoms with van der Waals surface area (Å²) in [6, 6.07) is 13.7. The number of benzene rings is 2. The number of aliphatic hydroxyl groups excluding tert-OH is 2. The minimum atomic E-state index is -1.25. The lowest BCUT2D eigenvalue weighted by atomic mass is 9.55. The molecule has 2 N–H and O–H groups in total. The normalized spacial score (nSPS) is 28.4. The van der Waals surface area contributed by atoms with Crippen LogP contribution in [0.3, 0.4) is 0 Å². The minimum Gasteiger partial charge on any atom is -0.459 e. The maximum absolute atomic E-state index is 14.4. The number of aliphatic hydroxyl groups is 2. The molecule has 310 valence electrons. The number of nitrogens with zero attached hydrogens (tertiary/aromatic N) is 2. The van der Waals surface area contributed by atoms with Gasteiger partial charge in [0.05, 0.1) is 24.8 Å². The topological polar surface area (TPSA) is 119 Å². The number of allylic oxidation sites excluding steroid dienone is 1. The highest BCUT2D eigenvalue weighted by Gasteiger charge is 2.65. The van der Waals surface area contributed by atoms with Crippen LogP contribution in [0.2, 0.25) is 0 Å². The van der Waals surface area contributed by atoms with Gasteiger partial charge in [-0.1, -0.05) is 37.1 Å². The summed E-state index contributed by atoms with van der Waals surface area (Å²) in [6.45, 7) is 7.89. The van der Waals surface area contributed by atoms with Crippen LogP contribution in [0.15, 0.2) is 76.8 Å². The fourth-order valence-electron chi connectivity index (χ4n) is 9.63. The summed E-state index contributed by atoms with van der Waals surface area (Å²) >= 11 is 1.69. The first-order valence-corrected chi connectivity index (χ1v) is 22.6. The molecule has 3 fully saturated rings. The van der Waals surface area contributed by atoms with Crippen LogP contribution in [0.5, 0.6) is 17.2 Å². The second-order valence-electron chi connectivity index (χ2n) is 16.3. The van der Waals surface area contributed by atoms with Gasteiger partial charge < -0.3 is 38.9 Å². The Kier molecular flexibility index (Phi) is 14.4. The summed E-state index contributed by atoms with van der Waals surface area (Å²) in [5.74, 6) is 0.897. The molecule has 0 radical (unpaired) electrons. The smallest absolute Gasteiger partial charge is 0.239 e. The summed E-state index contributed by atoms with van der Waals surface area (Å²) < 4.78 is 27.0. The van der Waals surface area contributed by atoms with E-state index in [1.54, 1.807) is 17.8 Å². The van der Waals surface area contributed by atoms with E-state index in [0.29, 0.717) is 31.7 Å². The monoisotopic (exact) mass is 802 g/mol. The third-order valence-electron chi connectivity index (χ3n) is 12.4. The molecule has 7 atom stereocenters. The van der Waals surface area contributed by atoms with Crippen LogP contribution in [0, 0.1) is 23.7 Å². The molecule has 2 saturated carbocycles. The molecule has 7 rings (SSSR count). The van der Waals surface area contributed by atoms with Crippen molar-refractivity contribution in [1.82, 2.24) is 4.90 Å². The van der Waals surface area contributed by atoms with Gasteiger partial charge in [0, 0.05) is 54.9 Å². The third-order valence-corrected chi connectivity index (χ3v) is 13.2. The number of amides is 1. The molecule has 11 heteroatoms. The molecule has 2 heterocycles. The van der Waals surface area contributed by atoms with Gasteiger partial charge in [-0.25, -0.2) is 0 Å². The lowest BCUT2D eigenvalue weighted by Crippen LogP contribution is -2.70. The predicted octanol–water partition coefficient (Wildman–Crippen LogP) is 9.01. The standard InChI is InChI=1S/C46H62N2O8S/c1-4-23-48(45(51)31-15-16-31)41-30-39(47-56-42-14-8-11-27-52-42)37-28-32(12-6-9-24-49)36(13-7-10-25-50)43-38-29-34(54-33-17-20-35(57-3)21-18-33)19-22-40(38)55-46(41,44(37)43)53-26-5-2/h5,17-22,28-29,31-32,36,41-44,49-50H,2,4,6-16,23-27,30H2,1,3H3/t32-,36+,41-,42?,43+,44+,46+/m0/s1. The van der Waals surface area contributed by atoms with E-state index >= 15 is 0 Å². The predicted molar refractivity (Wildman–Crippen MR) is 223 cm³/mol. The van der Waals surface area contributed by atoms with Crippen molar-refractivity contribution < 1.29 is 38.8 Å². The van der Waals surface area contributed by atoms with E-state index in [1.807, 2.05) is 29.2 Å². The van der Waals surface area contributed by atoms with E-state index in [-0.39, 0.29) is 55.3 Å². The van der Waals surface area contributed by atoms with Gasteiger partial charge in [-0.3, -0.25) is 4.79 Å². The molecule has 0 bridgehead atoms. The zero-order chi connectivity index (χ0) is 39.8. The maximum Gasteiger partial charge on any atom is 0.239 e. The lowest BCUT2D eigenvalue weighted by molar-refractivity contribution is -0.258. The van der Waals surface area contributed by atoms with E-state index < -0.39 is 18.1 Å². The Balaban J connectivity index is 1.42. The number of hydrogen-bond donors (Lipinski definition) is 2. The molecule has 2 aliphatic heterocycles. The number of ether oxygens (including phenoxy) is 4. The lowest BCUT2D eigenvalue weighted by Gasteiger charge is -2.60. The van der Waals surface area contributed by atoms with Crippen molar-refractivity contribution in [3.05, 3.63) is 72.3 Å². The number of carbonyl (C=O) groups excluding carboxylic acids is 1. The van der Waals surface area contributed by atoms with Crippen LogP contribution in [-0.4, -0.2) is 84.1 Å². The average molecular weight is 803 g/mol. The Morgan fingerprint density at radius 2 is 1.81 bits per heavy atom. The number of unbranched alkanes of at least 4 members (excludes halogenated alkanes) is 2. The van der Waals surface area contributed by atoms with Gasteiger partial charge in [-0.05, 0) is 124 Å². The second kappa shape index (κ2) is 19.6. The molecule has 2 aromatic carbocycles. The molecular weight excluding hydrogens is 741 g/mol. The molecule has 0 aromatic heterocycles. The molecule has 0 spiro atoms. The van der Waals surface area contributed by atoms with Gasteiger partial charge in [-0.2, -0.15) is 0 Å². The number of oxime groups is 1. The van der Waals surface area contributed by atoms with E-state index in [2.05, 4.69) is 44.0 Å². The quantitative estimate of drug-likeness (QED) is 0.0585. The molecule has 10 nitrogen and oxygen atoms in total. The van der Waals surface area contributed by atoms with Gasteiger partial charge in [0.2, 0.25) is 18.0 Å². The molecule has 1 unspecified atom stereocenters. The van der Waals surface area contributed by atoms with Crippen LogP contribution in [-0.2, 0) is 19.1 Å². The van der Waals surface area contributed by atoms with Crippen molar-refractivity contribution >= 4 is 23.4 Å². The largest absolute Gasteiger partial charge is 0.459 e. The van der Waals surface area contributed by atoms with Gasteiger partial charge in [0.1, 0.15) is 23.3 Å². The summed E-state index contributed by atoms with van der Waals surface area (Å²) in [5, 5.41) is 24.8. The first-order chi connectivity index (χ1) is 27.9. The Bertz CT molecular complexity index is 1720. The molecular formula is C46H62N2O8S. The summed E-state index contributed by atoms with van der Waals surface area (Å²) in [5.41, 5.74) is 2.87. The summed E-state index contributed by atoms with van der Waals surface area (Å²) in [7, 11) is 0. The van der Waals surface area contributed by atoms with Crippen molar-refractivity contribution in [3.8, 4) is 17.2 Å². The van der Waals surface area contributed by atoms with Crippen molar-refractivity contribution in [2.45, 2.75) is 119 Å². The Morgan fingerprint density at radius 1 is 1.04 bits per heavy atom. The molecule has 5 aliphatic rings. The number of hydrogen-bond acceptors (Lipinski definition) is 10. The highest BCUT2D eigenvalue weighted by atomic mass is 32.2. The minimum absolute atomic E-state index is 0.00192. The van der Waals surface area contributed by atoms with Gasteiger partial charge in [0.25, 0.3) is 0 Å². The highest BCUT2D eigenvalue weighted by Crippen LogP contribution is 2.62. The Hall–Kier alpha value is -3.35. The fraction of sp³-hybridized carbons (Fsp3) is 0.609. The number of fused-ring (bicyclic) bond motifs is 2. The Morgan fingerprint density at radius 3 is 2.49 bits per heavy atom. The van der Waals surface area contributed by atoms with E-state index in [9.17, 15) is 15.0 Å². The molecule has 2 aromatic rings. The van der Waals surface area contributed by atoms with Gasteiger partial charge >= 0.3 is 0 Å². The SMILES string of the molecule is C=CCO[C@@]12Oc3ccc(Oc4ccc(SC)cc4)cc3[C@H]3[C@H](CCCCO)[C@@H](CCCCO)C=C(C(=NOC4CCCCO4)C[C@@H]1N(CCC)C(=O)C1CC1)[C@H]32. The number of carbonyl (C=O) groups is 1. The fourth-order valence-corrected chi connectivity index (χ4v) is 10.0. The first kappa shape index (κ1) is 41.8. The molecule has 1 saturated heterocycles. The van der Waals surface area contributed by atoms with Crippen molar-refractivity contribution in [3.63, 3.8) is 0 Å². The van der Waals surface area contributed by atoms with Crippen LogP contribution >= 0.6 is 11.8 Å². The van der Waals surface area contributed by atoms with E-state index in [4.69, 9.17) is 28.9 Å². The summed E-state index contributed by atoms with van der Waals surface area (Å²) in [4.78, 5) is 23.9.